The van der Waals surface area contributed by atoms with E-state index in [0.717, 1.165) is 0 Å². The molecule has 0 aliphatic heterocycles. The number of nitrogens with zero attached hydrogens (tertiary/aromatic N) is 2. The normalized spacial score (nSPS) is 10.2. The zero-order valence-corrected chi connectivity index (χ0v) is 7.88. The fourth-order valence-electron chi connectivity index (χ4n) is 0.838. The van der Waals surface area contributed by atoms with Gasteiger partial charge in [0.05, 0.1) is 0 Å². The van der Waals surface area contributed by atoms with Crippen LogP contribution in [0.15, 0.2) is 4.79 Å². The van der Waals surface area contributed by atoms with E-state index in [0.29, 0.717) is 11.9 Å². The average molecular weight is 183 g/mol. The molecule has 72 valence electrons. The topological polar surface area (TPSA) is 82.7 Å². The fourth-order valence-corrected chi connectivity index (χ4v) is 0.838. The molecule has 0 aliphatic rings. The van der Waals surface area contributed by atoms with Gasteiger partial charge in [0.2, 0.25) is 11.9 Å². The molecular formula is C7H13N5O. The summed E-state index contributed by atoms with van der Waals surface area (Å²) in [5.41, 5.74) is -0.414. The minimum atomic E-state index is -0.414. The molecule has 0 saturated carbocycles. The highest BCUT2D eigenvalue weighted by atomic mass is 16.1. The Balaban J connectivity index is 2.95. The number of aromatic amines is 1. The monoisotopic (exact) mass is 183 g/mol. The van der Waals surface area contributed by atoms with Gasteiger partial charge in [-0.2, -0.15) is 9.97 Å². The van der Waals surface area contributed by atoms with Crippen molar-refractivity contribution in [3.05, 3.63) is 10.5 Å². The van der Waals surface area contributed by atoms with E-state index >= 15 is 0 Å². The molecule has 0 unspecified atom stereocenters. The first-order valence-electron chi connectivity index (χ1n) is 4.04. The zero-order chi connectivity index (χ0) is 9.84. The van der Waals surface area contributed by atoms with Gasteiger partial charge in [0.15, 0.2) is 0 Å². The van der Waals surface area contributed by atoms with E-state index in [1.807, 2.05) is 13.8 Å². The molecule has 0 fully saturated rings. The summed E-state index contributed by atoms with van der Waals surface area (Å²) in [5, 5.41) is 5.67. The van der Waals surface area contributed by atoms with E-state index < -0.39 is 5.69 Å². The van der Waals surface area contributed by atoms with Crippen molar-refractivity contribution in [2.24, 2.45) is 0 Å². The van der Waals surface area contributed by atoms with Crippen LogP contribution in [0.4, 0.5) is 11.9 Å². The largest absolute Gasteiger partial charge is 0.357 e. The third-order valence-electron chi connectivity index (χ3n) is 1.30. The van der Waals surface area contributed by atoms with Gasteiger partial charge in [-0.1, -0.05) is 0 Å². The summed E-state index contributed by atoms with van der Waals surface area (Å²) < 4.78 is 0. The van der Waals surface area contributed by atoms with E-state index in [2.05, 4.69) is 25.6 Å². The summed E-state index contributed by atoms with van der Waals surface area (Å²) in [6.45, 7) is 3.92. The summed E-state index contributed by atoms with van der Waals surface area (Å²) in [7, 11) is 1.66. The lowest BCUT2D eigenvalue weighted by atomic mass is 10.4. The summed E-state index contributed by atoms with van der Waals surface area (Å²) >= 11 is 0. The summed E-state index contributed by atoms with van der Waals surface area (Å²) in [5.74, 6) is 0.742. The predicted molar refractivity (Wildman–Crippen MR) is 51.0 cm³/mol. The number of rotatable bonds is 3. The Bertz CT molecular complexity index is 332. The van der Waals surface area contributed by atoms with Crippen LogP contribution >= 0.6 is 0 Å². The van der Waals surface area contributed by atoms with Crippen LogP contribution in [-0.4, -0.2) is 28.0 Å². The van der Waals surface area contributed by atoms with E-state index in [1.54, 1.807) is 7.05 Å². The number of hydrogen-bond acceptors (Lipinski definition) is 5. The maximum absolute atomic E-state index is 11.0. The minimum Gasteiger partial charge on any atom is -0.357 e. The van der Waals surface area contributed by atoms with Crippen molar-refractivity contribution in [2.75, 3.05) is 17.7 Å². The van der Waals surface area contributed by atoms with Crippen molar-refractivity contribution in [1.82, 2.24) is 15.0 Å². The molecule has 6 nitrogen and oxygen atoms in total. The van der Waals surface area contributed by atoms with Crippen molar-refractivity contribution in [1.29, 1.82) is 0 Å². The summed E-state index contributed by atoms with van der Waals surface area (Å²) in [6.07, 6.45) is 0. The molecule has 0 bridgehead atoms. The number of anilines is 2. The van der Waals surface area contributed by atoms with E-state index in [1.165, 1.54) is 0 Å². The molecule has 1 rings (SSSR count). The van der Waals surface area contributed by atoms with Crippen LogP contribution in [-0.2, 0) is 0 Å². The molecule has 1 aromatic heterocycles. The van der Waals surface area contributed by atoms with Crippen LogP contribution < -0.4 is 16.3 Å². The molecule has 0 atom stereocenters. The van der Waals surface area contributed by atoms with Crippen LogP contribution in [0.25, 0.3) is 0 Å². The molecule has 0 radical (unpaired) electrons. The smallest absolute Gasteiger partial charge is 0.350 e. The summed E-state index contributed by atoms with van der Waals surface area (Å²) in [4.78, 5) is 21.0. The first kappa shape index (κ1) is 9.50. The Kier molecular flexibility index (Phi) is 2.84. The lowest BCUT2D eigenvalue weighted by Crippen LogP contribution is -2.20. The highest BCUT2D eigenvalue weighted by Crippen LogP contribution is 1.99. The van der Waals surface area contributed by atoms with Gasteiger partial charge < -0.3 is 10.6 Å². The van der Waals surface area contributed by atoms with Crippen molar-refractivity contribution >= 4 is 11.9 Å². The molecule has 0 saturated heterocycles. The van der Waals surface area contributed by atoms with Crippen molar-refractivity contribution in [3.63, 3.8) is 0 Å². The molecular weight excluding hydrogens is 170 g/mol. The number of aromatic nitrogens is 3. The Labute approximate surface area is 75.8 Å². The van der Waals surface area contributed by atoms with Gasteiger partial charge in [-0.3, -0.25) is 4.98 Å². The zero-order valence-electron chi connectivity index (χ0n) is 7.88. The third kappa shape index (κ3) is 2.73. The molecule has 1 aromatic rings. The van der Waals surface area contributed by atoms with Crippen molar-refractivity contribution < 1.29 is 0 Å². The van der Waals surface area contributed by atoms with Crippen LogP contribution in [0.2, 0.25) is 0 Å². The third-order valence-corrected chi connectivity index (χ3v) is 1.30. The van der Waals surface area contributed by atoms with Crippen LogP contribution in [0.5, 0.6) is 0 Å². The van der Waals surface area contributed by atoms with Gasteiger partial charge in [-0.25, -0.2) is 4.79 Å². The second kappa shape index (κ2) is 3.88. The lowest BCUT2D eigenvalue weighted by Gasteiger charge is -2.08. The quantitative estimate of drug-likeness (QED) is 0.615. The molecule has 0 aromatic carbocycles. The van der Waals surface area contributed by atoms with Crippen molar-refractivity contribution in [2.45, 2.75) is 19.9 Å². The van der Waals surface area contributed by atoms with Crippen LogP contribution in [0.1, 0.15) is 13.8 Å². The maximum atomic E-state index is 11.0. The van der Waals surface area contributed by atoms with E-state index in [9.17, 15) is 4.79 Å². The Hall–Kier alpha value is -1.59. The van der Waals surface area contributed by atoms with Gasteiger partial charge >= 0.3 is 5.69 Å². The van der Waals surface area contributed by atoms with Crippen LogP contribution in [0.3, 0.4) is 0 Å². The minimum absolute atomic E-state index is 0.218. The van der Waals surface area contributed by atoms with Crippen molar-refractivity contribution in [3.8, 4) is 0 Å². The Morgan fingerprint density at radius 1 is 1.38 bits per heavy atom. The Morgan fingerprint density at radius 2 is 2.08 bits per heavy atom. The molecule has 13 heavy (non-hydrogen) atoms. The average Bonchev–Trinajstić information content (AvgIpc) is 2.01. The fraction of sp³-hybridized carbons (Fsp3) is 0.571. The van der Waals surface area contributed by atoms with Crippen LogP contribution in [0, 0.1) is 0 Å². The highest BCUT2D eigenvalue weighted by Gasteiger charge is 2.01. The van der Waals surface area contributed by atoms with E-state index in [4.69, 9.17) is 0 Å². The first-order valence-corrected chi connectivity index (χ1v) is 4.04. The van der Waals surface area contributed by atoms with Gasteiger partial charge in [0.1, 0.15) is 0 Å². The Morgan fingerprint density at radius 3 is 2.62 bits per heavy atom. The maximum Gasteiger partial charge on any atom is 0.350 e. The second-order valence-corrected chi connectivity index (χ2v) is 2.88. The van der Waals surface area contributed by atoms with Gasteiger partial charge in [0, 0.05) is 13.1 Å². The lowest BCUT2D eigenvalue weighted by molar-refractivity contribution is 0.859. The molecule has 0 amide bonds. The molecule has 3 N–H and O–H groups in total. The number of nitrogens with one attached hydrogen (secondary N) is 3. The SMILES string of the molecule is CNc1nc(NC(C)C)[nH]c(=O)n1. The van der Waals surface area contributed by atoms with Gasteiger partial charge in [-0.05, 0) is 13.8 Å². The highest BCUT2D eigenvalue weighted by molar-refractivity contribution is 5.32. The number of hydrogen-bond donors (Lipinski definition) is 3. The predicted octanol–water partition coefficient (Wildman–Crippen LogP) is 0.0269. The van der Waals surface area contributed by atoms with Gasteiger partial charge in [0.25, 0.3) is 0 Å². The standard InChI is InChI=1S/C7H13N5O/c1-4(2)9-6-10-5(8-3)11-7(13)12-6/h4H,1-3H3,(H3,8,9,10,11,12,13). The first-order chi connectivity index (χ1) is 6.11. The van der Waals surface area contributed by atoms with Gasteiger partial charge in [-0.15, -0.1) is 0 Å². The molecule has 0 aliphatic carbocycles. The molecule has 0 spiro atoms. The second-order valence-electron chi connectivity index (χ2n) is 2.88. The van der Waals surface area contributed by atoms with E-state index in [-0.39, 0.29) is 6.04 Å². The number of H-pyrrole nitrogens is 1. The molecule has 6 heteroatoms. The summed E-state index contributed by atoms with van der Waals surface area (Å²) in [6, 6.07) is 0.218. The molecule has 1 heterocycles.